The van der Waals surface area contributed by atoms with Gasteiger partial charge in [-0.25, -0.2) is 4.68 Å². The van der Waals surface area contributed by atoms with Crippen molar-refractivity contribution in [3.05, 3.63) is 78.1 Å². The second-order valence-electron chi connectivity index (χ2n) is 5.39. The van der Waals surface area contributed by atoms with Crippen molar-refractivity contribution in [1.29, 1.82) is 0 Å². The number of hydrogen-bond acceptors (Lipinski definition) is 2. The maximum atomic E-state index is 4.77. The molecule has 21 heavy (non-hydrogen) atoms. The van der Waals surface area contributed by atoms with Crippen LogP contribution in [0.3, 0.4) is 0 Å². The maximum Gasteiger partial charge on any atom is 0.0854 e. The third-order valence-electron chi connectivity index (χ3n) is 4.01. The zero-order valence-electron chi connectivity index (χ0n) is 11.8. The highest BCUT2D eigenvalue weighted by molar-refractivity contribution is 5.48. The molecule has 0 N–H and O–H groups in total. The van der Waals surface area contributed by atoms with E-state index < -0.39 is 0 Å². The van der Waals surface area contributed by atoms with Gasteiger partial charge in [0.15, 0.2) is 0 Å². The van der Waals surface area contributed by atoms with Gasteiger partial charge in [-0.1, -0.05) is 36.4 Å². The standard InChI is InChI=1S/C18H17N3/c1-3-7-16(8-4-1)20-12-11-15-13-21(19-18(15)14-20)17-9-5-2-6-10-17/h1-10,13H,11-12,14H2. The molecule has 1 aliphatic rings. The smallest absolute Gasteiger partial charge is 0.0854 e. The van der Waals surface area contributed by atoms with Crippen LogP contribution in [0.4, 0.5) is 5.69 Å². The van der Waals surface area contributed by atoms with E-state index in [4.69, 9.17) is 5.10 Å². The molecule has 0 atom stereocenters. The van der Waals surface area contributed by atoms with Crippen molar-refractivity contribution in [2.24, 2.45) is 0 Å². The van der Waals surface area contributed by atoms with Crippen LogP contribution in [0.1, 0.15) is 11.3 Å². The Morgan fingerprint density at radius 3 is 2.19 bits per heavy atom. The molecule has 0 saturated carbocycles. The number of rotatable bonds is 2. The van der Waals surface area contributed by atoms with Crippen molar-refractivity contribution in [1.82, 2.24) is 9.78 Å². The third-order valence-corrected chi connectivity index (χ3v) is 4.01. The van der Waals surface area contributed by atoms with Gasteiger partial charge in [0.05, 0.1) is 17.9 Å². The van der Waals surface area contributed by atoms with Crippen LogP contribution in [-0.4, -0.2) is 16.3 Å². The average molecular weight is 275 g/mol. The summed E-state index contributed by atoms with van der Waals surface area (Å²) in [6.45, 7) is 1.94. The molecule has 1 aromatic heterocycles. The summed E-state index contributed by atoms with van der Waals surface area (Å²) in [5.41, 5.74) is 4.95. The van der Waals surface area contributed by atoms with E-state index in [1.54, 1.807) is 0 Å². The molecule has 0 spiro atoms. The minimum absolute atomic E-state index is 0.888. The SMILES string of the molecule is c1ccc(N2CCc3cn(-c4ccccc4)nc3C2)cc1. The normalized spacial score (nSPS) is 14.0. The summed E-state index contributed by atoms with van der Waals surface area (Å²) in [6.07, 6.45) is 3.23. The molecule has 2 aromatic carbocycles. The molecule has 3 nitrogen and oxygen atoms in total. The van der Waals surface area contributed by atoms with E-state index >= 15 is 0 Å². The van der Waals surface area contributed by atoms with Crippen molar-refractivity contribution < 1.29 is 0 Å². The highest BCUT2D eigenvalue weighted by Crippen LogP contribution is 2.24. The first-order valence-electron chi connectivity index (χ1n) is 7.33. The van der Waals surface area contributed by atoms with Crippen LogP contribution in [-0.2, 0) is 13.0 Å². The summed E-state index contributed by atoms with van der Waals surface area (Å²) in [6, 6.07) is 20.9. The minimum atomic E-state index is 0.888. The first kappa shape index (κ1) is 12.2. The summed E-state index contributed by atoms with van der Waals surface area (Å²) in [4.78, 5) is 2.39. The van der Waals surface area contributed by atoms with Gasteiger partial charge in [0.2, 0.25) is 0 Å². The Morgan fingerprint density at radius 2 is 1.48 bits per heavy atom. The summed E-state index contributed by atoms with van der Waals surface area (Å²) in [5, 5.41) is 4.77. The average Bonchev–Trinajstić information content (AvgIpc) is 2.99. The fraction of sp³-hybridized carbons (Fsp3) is 0.167. The molecule has 0 radical (unpaired) electrons. The molecule has 0 unspecified atom stereocenters. The quantitative estimate of drug-likeness (QED) is 0.714. The second-order valence-corrected chi connectivity index (χ2v) is 5.39. The Labute approximate surface area is 124 Å². The highest BCUT2D eigenvalue weighted by Gasteiger charge is 2.20. The van der Waals surface area contributed by atoms with Crippen LogP contribution in [0.2, 0.25) is 0 Å². The predicted molar refractivity (Wildman–Crippen MR) is 84.8 cm³/mol. The van der Waals surface area contributed by atoms with Crippen LogP contribution in [0.5, 0.6) is 0 Å². The van der Waals surface area contributed by atoms with Crippen molar-refractivity contribution in [3.63, 3.8) is 0 Å². The van der Waals surface area contributed by atoms with E-state index in [0.29, 0.717) is 0 Å². The summed E-state index contributed by atoms with van der Waals surface area (Å²) in [5.74, 6) is 0. The van der Waals surface area contributed by atoms with Gasteiger partial charge < -0.3 is 4.90 Å². The maximum absolute atomic E-state index is 4.77. The number of hydrogen-bond donors (Lipinski definition) is 0. The molecule has 104 valence electrons. The number of fused-ring (bicyclic) bond motifs is 1. The number of anilines is 1. The van der Waals surface area contributed by atoms with Crippen LogP contribution in [0, 0.1) is 0 Å². The summed E-state index contributed by atoms with van der Waals surface area (Å²) in [7, 11) is 0. The molecule has 3 aromatic rings. The lowest BCUT2D eigenvalue weighted by molar-refractivity contribution is 0.711. The molecule has 0 saturated heterocycles. The molecule has 4 rings (SSSR count). The molecule has 0 amide bonds. The second kappa shape index (κ2) is 5.09. The van der Waals surface area contributed by atoms with Crippen molar-refractivity contribution in [3.8, 4) is 5.69 Å². The van der Waals surface area contributed by atoms with E-state index in [1.807, 2.05) is 22.9 Å². The fourth-order valence-corrected chi connectivity index (χ4v) is 2.87. The van der Waals surface area contributed by atoms with E-state index in [0.717, 1.165) is 25.2 Å². The van der Waals surface area contributed by atoms with Gasteiger partial charge in [-0.15, -0.1) is 0 Å². The Bertz CT molecular complexity index is 732. The Balaban J connectivity index is 1.63. The number of aromatic nitrogens is 2. The lowest BCUT2D eigenvalue weighted by Gasteiger charge is -2.28. The van der Waals surface area contributed by atoms with Crippen LogP contribution < -0.4 is 4.90 Å². The van der Waals surface area contributed by atoms with Gasteiger partial charge in [-0.05, 0) is 36.2 Å². The summed E-state index contributed by atoms with van der Waals surface area (Å²) < 4.78 is 2.00. The van der Waals surface area contributed by atoms with Gasteiger partial charge >= 0.3 is 0 Å². The topological polar surface area (TPSA) is 21.1 Å². The molecule has 2 heterocycles. The van der Waals surface area contributed by atoms with Gasteiger partial charge in [0, 0.05) is 18.4 Å². The molecule has 0 aliphatic carbocycles. The van der Waals surface area contributed by atoms with Gasteiger partial charge in [-0.3, -0.25) is 0 Å². The van der Waals surface area contributed by atoms with E-state index in [-0.39, 0.29) is 0 Å². The van der Waals surface area contributed by atoms with E-state index in [9.17, 15) is 0 Å². The molecular weight excluding hydrogens is 258 g/mol. The molecular formula is C18H17N3. The first-order valence-corrected chi connectivity index (χ1v) is 7.33. The monoisotopic (exact) mass is 275 g/mol. The van der Waals surface area contributed by atoms with Crippen molar-refractivity contribution >= 4 is 5.69 Å². The molecule has 3 heteroatoms. The fourth-order valence-electron chi connectivity index (χ4n) is 2.87. The first-order chi connectivity index (χ1) is 10.4. The van der Waals surface area contributed by atoms with Crippen molar-refractivity contribution in [2.45, 2.75) is 13.0 Å². The Morgan fingerprint density at radius 1 is 0.810 bits per heavy atom. The minimum Gasteiger partial charge on any atom is -0.365 e. The largest absolute Gasteiger partial charge is 0.365 e. The Hall–Kier alpha value is -2.55. The van der Waals surface area contributed by atoms with E-state index in [1.165, 1.54) is 16.9 Å². The third kappa shape index (κ3) is 2.31. The zero-order chi connectivity index (χ0) is 14.1. The number of nitrogens with zero attached hydrogens (tertiary/aromatic N) is 3. The molecule has 1 aliphatic heterocycles. The van der Waals surface area contributed by atoms with Crippen LogP contribution >= 0.6 is 0 Å². The number of benzene rings is 2. The predicted octanol–water partition coefficient (Wildman–Crippen LogP) is 3.44. The summed E-state index contributed by atoms with van der Waals surface area (Å²) >= 11 is 0. The van der Waals surface area contributed by atoms with Gasteiger partial charge in [-0.2, -0.15) is 5.10 Å². The Kier molecular flexibility index (Phi) is 2.96. The van der Waals surface area contributed by atoms with Gasteiger partial charge in [0.1, 0.15) is 0 Å². The van der Waals surface area contributed by atoms with Crippen molar-refractivity contribution in [2.75, 3.05) is 11.4 Å². The van der Waals surface area contributed by atoms with E-state index in [2.05, 4.69) is 53.6 Å². The lowest BCUT2D eigenvalue weighted by Crippen LogP contribution is -2.29. The molecule has 0 fully saturated rings. The van der Waals surface area contributed by atoms with Gasteiger partial charge in [0.25, 0.3) is 0 Å². The number of para-hydroxylation sites is 2. The molecule has 0 bridgehead atoms. The highest BCUT2D eigenvalue weighted by atomic mass is 15.3. The van der Waals surface area contributed by atoms with Crippen LogP contribution in [0.15, 0.2) is 66.9 Å². The van der Waals surface area contributed by atoms with Crippen LogP contribution in [0.25, 0.3) is 5.69 Å². The zero-order valence-corrected chi connectivity index (χ0v) is 11.8. The lowest BCUT2D eigenvalue weighted by atomic mass is 10.1.